The van der Waals surface area contributed by atoms with Gasteiger partial charge in [0.2, 0.25) is 0 Å². The van der Waals surface area contributed by atoms with Crippen molar-refractivity contribution < 1.29 is 9.90 Å². The molecule has 0 radical (unpaired) electrons. The Bertz CT molecular complexity index is 503. The highest BCUT2D eigenvalue weighted by Crippen LogP contribution is 2.39. The predicted octanol–water partition coefficient (Wildman–Crippen LogP) is 2.01. The molecule has 1 amide bonds. The second-order valence-corrected chi connectivity index (χ2v) is 6.16. The van der Waals surface area contributed by atoms with Crippen LogP contribution in [0.5, 0.6) is 0 Å². The van der Waals surface area contributed by atoms with Crippen LogP contribution in [0.25, 0.3) is 0 Å². The maximum atomic E-state index is 12.1. The Morgan fingerprint density at radius 2 is 2.28 bits per heavy atom. The normalized spacial score (nSPS) is 14.8. The topological polar surface area (TPSA) is 49.3 Å². The Balaban J connectivity index is 2.02. The summed E-state index contributed by atoms with van der Waals surface area (Å²) in [4.78, 5) is 13.6. The summed E-state index contributed by atoms with van der Waals surface area (Å²) < 4.78 is 0. The van der Waals surface area contributed by atoms with E-state index in [9.17, 15) is 4.79 Å². The van der Waals surface area contributed by atoms with Gasteiger partial charge < -0.3 is 10.4 Å². The first-order chi connectivity index (χ1) is 8.53. The Morgan fingerprint density at radius 1 is 1.56 bits per heavy atom. The van der Waals surface area contributed by atoms with Crippen LogP contribution in [-0.2, 0) is 0 Å². The second-order valence-electron chi connectivity index (χ2n) is 5.07. The van der Waals surface area contributed by atoms with E-state index in [1.807, 2.05) is 6.07 Å². The Hall–Kier alpha value is -1.31. The smallest absolute Gasteiger partial charge is 0.261 e. The van der Waals surface area contributed by atoms with E-state index in [0.717, 1.165) is 4.88 Å². The van der Waals surface area contributed by atoms with Crippen molar-refractivity contribution in [1.82, 2.24) is 5.32 Å². The van der Waals surface area contributed by atoms with E-state index in [1.165, 1.54) is 24.2 Å². The van der Waals surface area contributed by atoms with Crippen LogP contribution in [0, 0.1) is 17.8 Å². The van der Waals surface area contributed by atoms with Crippen LogP contribution in [0.3, 0.4) is 0 Å². The van der Waals surface area contributed by atoms with Gasteiger partial charge in [-0.15, -0.1) is 11.3 Å². The number of nitrogens with one attached hydrogen (secondary N) is 1. The number of hydrogen-bond acceptors (Lipinski definition) is 3. The molecular formula is C14H17NO2S. The van der Waals surface area contributed by atoms with Crippen molar-refractivity contribution in [3.05, 3.63) is 21.9 Å². The van der Waals surface area contributed by atoms with Crippen molar-refractivity contribution in [2.24, 2.45) is 5.92 Å². The number of hydrogen-bond donors (Lipinski definition) is 2. The number of thiophene rings is 1. The molecule has 1 heterocycles. The molecule has 1 saturated carbocycles. The van der Waals surface area contributed by atoms with Gasteiger partial charge in [0, 0.05) is 5.54 Å². The number of rotatable bonds is 3. The van der Waals surface area contributed by atoms with Gasteiger partial charge in [0.15, 0.2) is 0 Å². The molecule has 0 saturated heterocycles. The van der Waals surface area contributed by atoms with E-state index in [1.54, 1.807) is 6.07 Å². The fraction of sp³-hybridized carbons (Fsp3) is 0.500. The van der Waals surface area contributed by atoms with E-state index in [-0.39, 0.29) is 18.1 Å². The molecule has 18 heavy (non-hydrogen) atoms. The lowest BCUT2D eigenvalue weighted by Gasteiger charge is -2.25. The number of amides is 1. The summed E-state index contributed by atoms with van der Waals surface area (Å²) in [5.74, 6) is 5.96. The minimum absolute atomic E-state index is 0.0334. The lowest BCUT2D eigenvalue weighted by atomic mass is 9.99. The van der Waals surface area contributed by atoms with Crippen molar-refractivity contribution in [3.63, 3.8) is 0 Å². The first kappa shape index (κ1) is 13.1. The van der Waals surface area contributed by atoms with Gasteiger partial charge in [0.1, 0.15) is 6.61 Å². The number of aliphatic hydroxyl groups is 1. The lowest BCUT2D eigenvalue weighted by Crippen LogP contribution is -2.44. The van der Waals surface area contributed by atoms with Crippen LogP contribution >= 0.6 is 11.3 Å². The molecule has 0 aromatic carbocycles. The third-order valence-electron chi connectivity index (χ3n) is 3.15. The van der Waals surface area contributed by atoms with E-state index in [0.29, 0.717) is 10.8 Å². The van der Waals surface area contributed by atoms with Gasteiger partial charge in [0.05, 0.1) is 9.75 Å². The average molecular weight is 263 g/mol. The summed E-state index contributed by atoms with van der Waals surface area (Å²) in [6.45, 7) is 3.99. The van der Waals surface area contributed by atoms with Crippen molar-refractivity contribution in [3.8, 4) is 11.8 Å². The molecule has 1 aromatic heterocycles. The zero-order chi connectivity index (χ0) is 13.2. The number of carbonyl (C=O) groups excluding carboxylic acids is 1. The molecule has 0 aliphatic heterocycles. The molecule has 96 valence electrons. The number of aliphatic hydroxyl groups excluding tert-OH is 1. The first-order valence-corrected chi connectivity index (χ1v) is 6.86. The van der Waals surface area contributed by atoms with Gasteiger partial charge in [-0.1, -0.05) is 11.8 Å². The molecule has 2 rings (SSSR count). The molecule has 1 aromatic rings. The average Bonchev–Trinajstić information content (AvgIpc) is 3.06. The Kier molecular flexibility index (Phi) is 3.74. The minimum Gasteiger partial charge on any atom is -0.384 e. The monoisotopic (exact) mass is 263 g/mol. The highest BCUT2D eigenvalue weighted by Gasteiger charge is 2.38. The maximum absolute atomic E-state index is 12.1. The van der Waals surface area contributed by atoms with Gasteiger partial charge in [0.25, 0.3) is 5.91 Å². The zero-order valence-corrected chi connectivity index (χ0v) is 11.4. The van der Waals surface area contributed by atoms with Gasteiger partial charge in [-0.3, -0.25) is 4.79 Å². The summed E-state index contributed by atoms with van der Waals surface area (Å²) in [7, 11) is 0. The predicted molar refractivity (Wildman–Crippen MR) is 72.6 cm³/mol. The lowest BCUT2D eigenvalue weighted by molar-refractivity contribution is 0.0907. The molecule has 0 atom stereocenters. The van der Waals surface area contributed by atoms with Gasteiger partial charge >= 0.3 is 0 Å². The van der Waals surface area contributed by atoms with Gasteiger partial charge in [-0.05, 0) is 44.7 Å². The quantitative estimate of drug-likeness (QED) is 0.820. The Morgan fingerprint density at radius 3 is 2.89 bits per heavy atom. The van der Waals surface area contributed by atoms with Crippen molar-refractivity contribution in [2.75, 3.05) is 6.61 Å². The Labute approximate surface area is 111 Å². The van der Waals surface area contributed by atoms with E-state index < -0.39 is 0 Å². The molecule has 3 nitrogen and oxygen atoms in total. The largest absolute Gasteiger partial charge is 0.384 e. The molecule has 4 heteroatoms. The molecule has 2 N–H and O–H groups in total. The molecule has 1 aliphatic carbocycles. The summed E-state index contributed by atoms with van der Waals surface area (Å²) in [6.07, 6.45) is 2.40. The molecule has 0 bridgehead atoms. The van der Waals surface area contributed by atoms with E-state index in [2.05, 4.69) is 31.0 Å². The third kappa shape index (κ3) is 3.12. The van der Waals surface area contributed by atoms with Crippen LogP contribution in [0.4, 0.5) is 0 Å². The highest BCUT2D eigenvalue weighted by molar-refractivity contribution is 7.14. The van der Waals surface area contributed by atoms with Crippen LogP contribution in [0.2, 0.25) is 0 Å². The standard InChI is InChI=1S/C14H17NO2S/c1-14(2,10-5-6-10)15-13(17)12-8-7-11(18-12)4-3-9-16/h7-8,10,16H,5-6,9H2,1-2H3,(H,15,17). The fourth-order valence-corrected chi connectivity index (χ4v) is 2.69. The first-order valence-electron chi connectivity index (χ1n) is 6.05. The van der Waals surface area contributed by atoms with Crippen LogP contribution in [-0.4, -0.2) is 23.2 Å². The van der Waals surface area contributed by atoms with Crippen LogP contribution in [0.1, 0.15) is 41.2 Å². The summed E-state index contributed by atoms with van der Waals surface area (Å²) in [5, 5.41) is 11.7. The van der Waals surface area contributed by atoms with Crippen molar-refractivity contribution >= 4 is 17.2 Å². The van der Waals surface area contributed by atoms with Crippen LogP contribution in [0.15, 0.2) is 12.1 Å². The zero-order valence-electron chi connectivity index (χ0n) is 10.6. The van der Waals surface area contributed by atoms with Crippen LogP contribution < -0.4 is 5.32 Å². The number of carbonyl (C=O) groups is 1. The van der Waals surface area contributed by atoms with E-state index in [4.69, 9.17) is 5.11 Å². The molecule has 0 spiro atoms. The summed E-state index contributed by atoms with van der Waals surface area (Å²) >= 11 is 1.36. The molecule has 1 fully saturated rings. The SMILES string of the molecule is CC(C)(NC(=O)c1ccc(C#CCO)s1)C1CC1. The van der Waals surface area contributed by atoms with Gasteiger partial charge in [-0.2, -0.15) is 0 Å². The van der Waals surface area contributed by atoms with Crippen molar-refractivity contribution in [2.45, 2.75) is 32.2 Å². The molecule has 1 aliphatic rings. The fourth-order valence-electron chi connectivity index (χ4n) is 1.92. The second kappa shape index (κ2) is 5.13. The molecule has 0 unspecified atom stereocenters. The maximum Gasteiger partial charge on any atom is 0.261 e. The summed E-state index contributed by atoms with van der Waals surface area (Å²) in [6, 6.07) is 3.59. The minimum atomic E-state index is -0.159. The van der Waals surface area contributed by atoms with Gasteiger partial charge in [-0.25, -0.2) is 0 Å². The van der Waals surface area contributed by atoms with Crippen molar-refractivity contribution in [1.29, 1.82) is 0 Å². The highest BCUT2D eigenvalue weighted by atomic mass is 32.1. The summed E-state index contributed by atoms with van der Waals surface area (Å²) in [5.41, 5.74) is -0.127. The molecular weight excluding hydrogens is 246 g/mol. The van der Waals surface area contributed by atoms with E-state index >= 15 is 0 Å². The third-order valence-corrected chi connectivity index (χ3v) is 4.15.